The van der Waals surface area contributed by atoms with E-state index in [1.807, 2.05) is 11.3 Å². The van der Waals surface area contributed by atoms with Crippen LogP contribution < -0.4 is 10.2 Å². The second-order valence-corrected chi connectivity index (χ2v) is 15.7. The molecule has 0 saturated carbocycles. The molecule has 0 radical (unpaired) electrons. The third-order valence-electron chi connectivity index (χ3n) is 11.1. The van der Waals surface area contributed by atoms with Crippen molar-refractivity contribution in [3.05, 3.63) is 199 Å². The van der Waals surface area contributed by atoms with Gasteiger partial charge in [0.15, 0.2) is 0 Å². The van der Waals surface area contributed by atoms with Crippen molar-refractivity contribution in [2.45, 2.75) is 19.3 Å². The van der Waals surface area contributed by atoms with Crippen LogP contribution in [-0.2, 0) is 5.41 Å². The summed E-state index contributed by atoms with van der Waals surface area (Å²) in [6, 6.07) is 68.2. The van der Waals surface area contributed by atoms with Crippen molar-refractivity contribution in [1.29, 1.82) is 0 Å². The first-order valence-electron chi connectivity index (χ1n) is 18.6. The topological polar surface area (TPSA) is 15.3 Å². The fourth-order valence-electron chi connectivity index (χ4n) is 8.25. The largest absolute Gasteiger partial charge is 0.354 e. The third kappa shape index (κ3) is 5.39. The molecule has 8 aromatic carbocycles. The molecule has 0 saturated heterocycles. The SMILES string of the molecule is CC1(C)c2cc(N(c3ccc(-c4ccccc4)cc3)c3ccc(-c4ccccc4)cc3)ccc2Nc2c1cc1c(sc3ccccc31)c2-c1ccccc1. The second-order valence-electron chi connectivity index (χ2n) is 14.7. The van der Waals surface area contributed by atoms with E-state index in [1.165, 1.54) is 70.4 Å². The minimum Gasteiger partial charge on any atom is -0.354 e. The van der Waals surface area contributed by atoms with E-state index >= 15 is 0 Å². The molecule has 2 heterocycles. The van der Waals surface area contributed by atoms with Crippen LogP contribution in [0.25, 0.3) is 53.6 Å². The Morgan fingerprint density at radius 2 is 0.944 bits per heavy atom. The second kappa shape index (κ2) is 12.9. The van der Waals surface area contributed by atoms with Crippen molar-refractivity contribution >= 4 is 59.9 Å². The Hall–Kier alpha value is -6.42. The summed E-state index contributed by atoms with van der Waals surface area (Å²) in [5, 5.41) is 6.62. The van der Waals surface area contributed by atoms with E-state index in [4.69, 9.17) is 0 Å². The van der Waals surface area contributed by atoms with Crippen LogP contribution in [0, 0.1) is 0 Å². The zero-order chi connectivity index (χ0) is 36.2. The number of fused-ring (bicyclic) bond motifs is 5. The first-order valence-corrected chi connectivity index (χ1v) is 19.4. The van der Waals surface area contributed by atoms with Crippen LogP contribution in [0.2, 0.25) is 0 Å². The van der Waals surface area contributed by atoms with Crippen LogP contribution in [0.4, 0.5) is 28.4 Å². The molecule has 0 bridgehead atoms. The summed E-state index contributed by atoms with van der Waals surface area (Å²) < 4.78 is 2.64. The van der Waals surface area contributed by atoms with Crippen LogP contribution in [0.3, 0.4) is 0 Å². The van der Waals surface area contributed by atoms with Gasteiger partial charge in [-0.05, 0) is 93.5 Å². The first-order chi connectivity index (χ1) is 26.5. The van der Waals surface area contributed by atoms with Crippen LogP contribution in [0.15, 0.2) is 188 Å². The predicted octanol–water partition coefficient (Wildman–Crippen LogP) is 14.9. The summed E-state index contributed by atoms with van der Waals surface area (Å²) in [4.78, 5) is 2.39. The summed E-state index contributed by atoms with van der Waals surface area (Å²) in [5.74, 6) is 0. The van der Waals surface area contributed by atoms with Crippen molar-refractivity contribution in [3.8, 4) is 33.4 Å². The normalized spacial score (nSPS) is 12.9. The summed E-state index contributed by atoms with van der Waals surface area (Å²) >= 11 is 1.89. The van der Waals surface area contributed by atoms with Gasteiger partial charge in [0.2, 0.25) is 0 Å². The summed E-state index contributed by atoms with van der Waals surface area (Å²) in [7, 11) is 0. The van der Waals surface area contributed by atoms with Gasteiger partial charge in [-0.25, -0.2) is 0 Å². The van der Waals surface area contributed by atoms with Crippen molar-refractivity contribution < 1.29 is 0 Å². The van der Waals surface area contributed by atoms with Gasteiger partial charge in [0.05, 0.1) is 5.69 Å². The van der Waals surface area contributed by atoms with Crippen LogP contribution in [-0.4, -0.2) is 0 Å². The van der Waals surface area contributed by atoms with Crippen LogP contribution in [0.1, 0.15) is 25.0 Å². The monoisotopic (exact) mass is 710 g/mol. The molecule has 0 atom stereocenters. The molecule has 1 aliphatic heterocycles. The number of rotatable bonds is 6. The molecule has 54 heavy (non-hydrogen) atoms. The molecule has 258 valence electrons. The standard InChI is InChI=1S/C51H38N2S/c1-51(2)44-32-41(30-31-46(44)52-49-45(51)33-43-42-20-12-13-21-47(42)54-50(43)48(49)38-18-10-5-11-19-38)53(39-26-22-36(23-27-39)34-14-6-3-7-15-34)40-28-24-37(25-29-40)35-16-8-4-9-17-35/h3-33,52H,1-2H3. The van der Waals surface area contributed by atoms with Crippen molar-refractivity contribution in [3.63, 3.8) is 0 Å². The highest BCUT2D eigenvalue weighted by Crippen LogP contribution is 2.54. The van der Waals surface area contributed by atoms with E-state index in [0.717, 1.165) is 22.7 Å². The molecule has 3 heteroatoms. The zero-order valence-corrected chi connectivity index (χ0v) is 31.1. The summed E-state index contributed by atoms with van der Waals surface area (Å²) in [5.41, 5.74) is 15.3. The van der Waals surface area contributed by atoms with Gasteiger partial charge in [-0.3, -0.25) is 0 Å². The van der Waals surface area contributed by atoms with E-state index < -0.39 is 0 Å². The maximum Gasteiger partial charge on any atom is 0.0520 e. The molecule has 1 N–H and O–H groups in total. The average Bonchev–Trinajstić information content (AvgIpc) is 3.60. The number of hydrogen-bond donors (Lipinski definition) is 1. The molecular weight excluding hydrogens is 673 g/mol. The van der Waals surface area contributed by atoms with E-state index in [1.54, 1.807) is 0 Å². The quantitative estimate of drug-likeness (QED) is 0.185. The van der Waals surface area contributed by atoms with Gasteiger partial charge in [-0.1, -0.05) is 147 Å². The minimum atomic E-state index is -0.285. The lowest BCUT2D eigenvalue weighted by Crippen LogP contribution is -2.27. The van der Waals surface area contributed by atoms with Gasteiger partial charge in [0.1, 0.15) is 0 Å². The Labute approximate surface area is 320 Å². The number of nitrogens with one attached hydrogen (secondary N) is 1. The average molecular weight is 711 g/mol. The number of thiophene rings is 1. The molecule has 9 aromatic rings. The molecule has 0 amide bonds. The Bertz CT molecular complexity index is 2700. The predicted molar refractivity (Wildman–Crippen MR) is 232 cm³/mol. The Balaban J connectivity index is 1.13. The first kappa shape index (κ1) is 32.2. The lowest BCUT2D eigenvalue weighted by Gasteiger charge is -2.38. The number of anilines is 5. The van der Waals surface area contributed by atoms with E-state index in [-0.39, 0.29) is 5.41 Å². The highest BCUT2D eigenvalue weighted by Gasteiger charge is 2.36. The van der Waals surface area contributed by atoms with Crippen molar-refractivity contribution in [2.75, 3.05) is 10.2 Å². The van der Waals surface area contributed by atoms with Gasteiger partial charge in [0, 0.05) is 53.9 Å². The van der Waals surface area contributed by atoms with Gasteiger partial charge in [-0.2, -0.15) is 0 Å². The Morgan fingerprint density at radius 1 is 0.444 bits per heavy atom. The summed E-state index contributed by atoms with van der Waals surface area (Å²) in [6.45, 7) is 4.77. The Kier molecular flexibility index (Phi) is 7.71. The summed E-state index contributed by atoms with van der Waals surface area (Å²) in [6.07, 6.45) is 0. The molecule has 0 aliphatic carbocycles. The molecule has 1 aliphatic rings. The van der Waals surface area contributed by atoms with Crippen LogP contribution >= 0.6 is 11.3 Å². The van der Waals surface area contributed by atoms with Gasteiger partial charge in [0.25, 0.3) is 0 Å². The number of nitrogens with zero attached hydrogens (tertiary/aromatic N) is 1. The highest BCUT2D eigenvalue weighted by atomic mass is 32.1. The highest BCUT2D eigenvalue weighted by molar-refractivity contribution is 7.26. The molecular formula is C51H38N2S. The van der Waals surface area contributed by atoms with E-state index in [9.17, 15) is 0 Å². The molecule has 0 fully saturated rings. The third-order valence-corrected chi connectivity index (χ3v) is 12.3. The maximum atomic E-state index is 3.98. The number of hydrogen-bond acceptors (Lipinski definition) is 3. The van der Waals surface area contributed by atoms with Gasteiger partial charge >= 0.3 is 0 Å². The Morgan fingerprint density at radius 3 is 1.54 bits per heavy atom. The minimum absolute atomic E-state index is 0.285. The molecule has 0 spiro atoms. The lowest BCUT2D eigenvalue weighted by atomic mass is 9.72. The van der Waals surface area contributed by atoms with Crippen molar-refractivity contribution in [2.24, 2.45) is 0 Å². The van der Waals surface area contributed by atoms with Gasteiger partial charge < -0.3 is 10.2 Å². The van der Waals surface area contributed by atoms with Gasteiger partial charge in [-0.15, -0.1) is 11.3 Å². The molecule has 2 nitrogen and oxygen atoms in total. The smallest absolute Gasteiger partial charge is 0.0520 e. The fraction of sp³-hybridized carbons (Fsp3) is 0.0588. The maximum absolute atomic E-state index is 3.98. The van der Waals surface area contributed by atoms with E-state index in [2.05, 4.69) is 212 Å². The molecule has 10 rings (SSSR count). The van der Waals surface area contributed by atoms with Crippen molar-refractivity contribution in [1.82, 2.24) is 0 Å². The molecule has 1 aromatic heterocycles. The number of benzene rings is 8. The zero-order valence-electron chi connectivity index (χ0n) is 30.3. The fourth-order valence-corrected chi connectivity index (χ4v) is 9.51. The van der Waals surface area contributed by atoms with E-state index in [0.29, 0.717) is 0 Å². The lowest BCUT2D eigenvalue weighted by molar-refractivity contribution is 0.639. The van der Waals surface area contributed by atoms with Crippen LogP contribution in [0.5, 0.6) is 0 Å². The molecule has 0 unspecified atom stereocenters.